The number of para-hydroxylation sites is 1. The van der Waals surface area contributed by atoms with E-state index < -0.39 is 0 Å². The van der Waals surface area contributed by atoms with Gasteiger partial charge in [0.1, 0.15) is 12.4 Å². The molecule has 0 saturated heterocycles. The van der Waals surface area contributed by atoms with Crippen LogP contribution in [-0.4, -0.2) is 13.2 Å². The summed E-state index contributed by atoms with van der Waals surface area (Å²) in [5.74, 6) is 0.728. The second kappa shape index (κ2) is 7.48. The lowest BCUT2D eigenvalue weighted by atomic mass is 10.0. The number of benzene rings is 2. The van der Waals surface area contributed by atoms with Crippen molar-refractivity contribution in [3.63, 3.8) is 0 Å². The van der Waals surface area contributed by atoms with E-state index in [-0.39, 0.29) is 6.04 Å². The number of rotatable bonds is 6. The summed E-state index contributed by atoms with van der Waals surface area (Å²) in [6.07, 6.45) is 0. The molecule has 0 fully saturated rings. The normalized spacial score (nSPS) is 12.2. The number of aryl methyl sites for hydroxylation is 2. The van der Waals surface area contributed by atoms with E-state index in [0.29, 0.717) is 11.6 Å². The van der Waals surface area contributed by atoms with Gasteiger partial charge in [0.15, 0.2) is 0 Å². The third-order valence-electron chi connectivity index (χ3n) is 3.63. The third-order valence-corrected chi connectivity index (χ3v) is 3.94. The molecule has 2 aromatic carbocycles. The van der Waals surface area contributed by atoms with Crippen molar-refractivity contribution in [2.45, 2.75) is 26.8 Å². The van der Waals surface area contributed by atoms with Crippen molar-refractivity contribution in [1.29, 1.82) is 0 Å². The maximum atomic E-state index is 6.13. The molecular weight excluding hydrogens is 282 g/mol. The van der Waals surface area contributed by atoms with Gasteiger partial charge in [0.25, 0.3) is 0 Å². The zero-order chi connectivity index (χ0) is 15.2. The average molecular weight is 304 g/mol. The highest BCUT2D eigenvalue weighted by molar-refractivity contribution is 6.32. The van der Waals surface area contributed by atoms with Crippen LogP contribution in [0.5, 0.6) is 5.75 Å². The highest BCUT2D eigenvalue weighted by Crippen LogP contribution is 2.25. The van der Waals surface area contributed by atoms with E-state index >= 15 is 0 Å². The number of ether oxygens (including phenoxy) is 1. The minimum atomic E-state index is 0.158. The molecule has 1 atom stereocenters. The van der Waals surface area contributed by atoms with E-state index in [0.717, 1.165) is 12.3 Å². The van der Waals surface area contributed by atoms with E-state index in [1.54, 1.807) is 0 Å². The Morgan fingerprint density at radius 3 is 2.52 bits per heavy atom. The molecule has 0 heterocycles. The van der Waals surface area contributed by atoms with Crippen LogP contribution >= 0.6 is 11.6 Å². The van der Waals surface area contributed by atoms with Gasteiger partial charge in [-0.05, 0) is 49.2 Å². The van der Waals surface area contributed by atoms with Crippen LogP contribution in [0.3, 0.4) is 0 Å². The van der Waals surface area contributed by atoms with Gasteiger partial charge in [0, 0.05) is 0 Å². The van der Waals surface area contributed by atoms with Gasteiger partial charge in [-0.25, -0.2) is 0 Å². The Bertz CT molecular complexity index is 598. The number of halogens is 1. The number of hydrogen-bond acceptors (Lipinski definition) is 2. The second-order valence-electron chi connectivity index (χ2n) is 5.20. The Morgan fingerprint density at radius 2 is 1.86 bits per heavy atom. The average Bonchev–Trinajstić information content (AvgIpc) is 2.48. The zero-order valence-corrected chi connectivity index (χ0v) is 13.6. The Morgan fingerprint density at radius 1 is 1.10 bits per heavy atom. The predicted molar refractivity (Wildman–Crippen MR) is 89.3 cm³/mol. The molecular formula is C18H22ClNO. The summed E-state index contributed by atoms with van der Waals surface area (Å²) in [6, 6.07) is 14.3. The standard InChI is InChI=1S/C18H22ClNO/c1-4-20-17(15-10-9-13(2)14(3)11-15)12-21-18-8-6-5-7-16(18)19/h5-11,17,20H,4,12H2,1-3H3. The number of hydrogen-bond donors (Lipinski definition) is 1. The van der Waals surface area contributed by atoms with Crippen molar-refractivity contribution >= 4 is 11.6 Å². The summed E-state index contributed by atoms with van der Waals surface area (Å²) in [6.45, 7) is 7.81. The van der Waals surface area contributed by atoms with Crippen molar-refractivity contribution < 1.29 is 4.74 Å². The lowest BCUT2D eigenvalue weighted by molar-refractivity contribution is 0.268. The number of nitrogens with one attached hydrogen (secondary N) is 1. The first-order valence-electron chi connectivity index (χ1n) is 7.29. The molecule has 0 amide bonds. The molecule has 0 aromatic heterocycles. The van der Waals surface area contributed by atoms with Gasteiger partial charge < -0.3 is 10.1 Å². The van der Waals surface area contributed by atoms with E-state index in [2.05, 4.69) is 44.3 Å². The SMILES string of the molecule is CCNC(COc1ccccc1Cl)c1ccc(C)c(C)c1. The molecule has 1 unspecified atom stereocenters. The van der Waals surface area contributed by atoms with E-state index in [1.807, 2.05) is 24.3 Å². The zero-order valence-electron chi connectivity index (χ0n) is 12.8. The lowest BCUT2D eigenvalue weighted by Crippen LogP contribution is -2.26. The van der Waals surface area contributed by atoms with Crippen LogP contribution < -0.4 is 10.1 Å². The topological polar surface area (TPSA) is 21.3 Å². The van der Waals surface area contributed by atoms with Crippen molar-refractivity contribution in [2.24, 2.45) is 0 Å². The molecule has 0 aliphatic heterocycles. The Kier molecular flexibility index (Phi) is 5.66. The van der Waals surface area contributed by atoms with Crippen molar-refractivity contribution in [3.05, 3.63) is 64.2 Å². The molecule has 0 saturated carbocycles. The smallest absolute Gasteiger partial charge is 0.137 e. The molecule has 21 heavy (non-hydrogen) atoms. The minimum absolute atomic E-state index is 0.158. The first-order chi connectivity index (χ1) is 10.1. The van der Waals surface area contributed by atoms with Gasteiger partial charge in [-0.3, -0.25) is 0 Å². The molecule has 2 rings (SSSR count). The monoisotopic (exact) mass is 303 g/mol. The molecule has 0 spiro atoms. The van der Waals surface area contributed by atoms with Crippen molar-refractivity contribution in [1.82, 2.24) is 5.32 Å². The summed E-state index contributed by atoms with van der Waals surface area (Å²) in [5, 5.41) is 4.11. The minimum Gasteiger partial charge on any atom is -0.490 e. The molecule has 2 aromatic rings. The number of likely N-dealkylation sites (N-methyl/N-ethyl adjacent to an activating group) is 1. The fourth-order valence-corrected chi connectivity index (χ4v) is 2.43. The highest BCUT2D eigenvalue weighted by atomic mass is 35.5. The molecule has 2 nitrogen and oxygen atoms in total. The van der Waals surface area contributed by atoms with Crippen LogP contribution in [-0.2, 0) is 0 Å². The maximum Gasteiger partial charge on any atom is 0.137 e. The molecule has 3 heteroatoms. The summed E-state index contributed by atoms with van der Waals surface area (Å²) in [4.78, 5) is 0. The first kappa shape index (κ1) is 15.9. The van der Waals surface area contributed by atoms with Crippen LogP contribution in [0.25, 0.3) is 0 Å². The quantitative estimate of drug-likeness (QED) is 0.836. The lowest BCUT2D eigenvalue weighted by Gasteiger charge is -2.20. The fourth-order valence-electron chi connectivity index (χ4n) is 2.24. The van der Waals surface area contributed by atoms with Gasteiger partial charge in [0.05, 0.1) is 11.1 Å². The van der Waals surface area contributed by atoms with Crippen LogP contribution in [0.1, 0.15) is 29.7 Å². The van der Waals surface area contributed by atoms with Gasteiger partial charge in [-0.2, -0.15) is 0 Å². The Hall–Kier alpha value is -1.51. The molecule has 0 aliphatic carbocycles. The molecule has 0 bridgehead atoms. The second-order valence-corrected chi connectivity index (χ2v) is 5.60. The van der Waals surface area contributed by atoms with Gasteiger partial charge >= 0.3 is 0 Å². The van der Waals surface area contributed by atoms with Crippen LogP contribution in [0.4, 0.5) is 0 Å². The van der Waals surface area contributed by atoms with Crippen molar-refractivity contribution in [3.8, 4) is 5.75 Å². The van der Waals surface area contributed by atoms with E-state index in [4.69, 9.17) is 16.3 Å². The van der Waals surface area contributed by atoms with Crippen LogP contribution in [0.15, 0.2) is 42.5 Å². The van der Waals surface area contributed by atoms with Gasteiger partial charge in [-0.15, -0.1) is 0 Å². The largest absolute Gasteiger partial charge is 0.490 e. The third kappa shape index (κ3) is 4.23. The molecule has 0 radical (unpaired) electrons. The maximum absolute atomic E-state index is 6.13. The Labute approximate surface area is 132 Å². The molecule has 0 aliphatic rings. The fraction of sp³-hybridized carbons (Fsp3) is 0.333. The molecule has 112 valence electrons. The summed E-state index contributed by atoms with van der Waals surface area (Å²) in [5.41, 5.74) is 3.85. The van der Waals surface area contributed by atoms with Crippen LogP contribution in [0, 0.1) is 13.8 Å². The highest BCUT2D eigenvalue weighted by Gasteiger charge is 2.12. The van der Waals surface area contributed by atoms with Crippen LogP contribution in [0.2, 0.25) is 5.02 Å². The van der Waals surface area contributed by atoms with Crippen molar-refractivity contribution in [2.75, 3.05) is 13.2 Å². The van der Waals surface area contributed by atoms with Gasteiger partial charge in [-0.1, -0.05) is 48.9 Å². The summed E-state index contributed by atoms with van der Waals surface area (Å²) in [7, 11) is 0. The Balaban J connectivity index is 2.12. The van der Waals surface area contributed by atoms with E-state index in [9.17, 15) is 0 Å². The first-order valence-corrected chi connectivity index (χ1v) is 7.67. The summed E-state index contributed by atoms with van der Waals surface area (Å²) >= 11 is 6.13. The summed E-state index contributed by atoms with van der Waals surface area (Å²) < 4.78 is 5.88. The molecule has 1 N–H and O–H groups in total. The van der Waals surface area contributed by atoms with E-state index in [1.165, 1.54) is 16.7 Å². The predicted octanol–water partition coefficient (Wildman–Crippen LogP) is 4.69. The van der Waals surface area contributed by atoms with Gasteiger partial charge in [0.2, 0.25) is 0 Å².